The molecule has 1 aromatic rings. The van der Waals surface area contributed by atoms with Gasteiger partial charge in [0.05, 0.1) is 12.4 Å². The summed E-state index contributed by atoms with van der Waals surface area (Å²) in [4.78, 5) is 0. The highest BCUT2D eigenvalue weighted by molar-refractivity contribution is 5.33. The summed E-state index contributed by atoms with van der Waals surface area (Å²) in [5.41, 5.74) is 0.412. The van der Waals surface area contributed by atoms with Crippen LogP contribution in [0.3, 0.4) is 0 Å². The molecule has 0 atom stereocenters. The van der Waals surface area contributed by atoms with Crippen molar-refractivity contribution in [2.75, 3.05) is 6.61 Å². The Hall–Kier alpha value is -1.45. The predicted octanol–water partition coefficient (Wildman–Crippen LogP) is 5.51. The molecule has 0 spiro atoms. The number of allylic oxidation sites excluding steroid dienone is 2. The summed E-state index contributed by atoms with van der Waals surface area (Å²) in [6.45, 7) is 3.47. The topological polar surface area (TPSA) is 9.23 Å². The first kappa shape index (κ1) is 15.9. The van der Waals surface area contributed by atoms with Crippen LogP contribution in [-0.4, -0.2) is 6.61 Å². The van der Waals surface area contributed by atoms with Crippen LogP contribution in [0.15, 0.2) is 24.0 Å². The van der Waals surface area contributed by atoms with Crippen molar-refractivity contribution in [2.45, 2.75) is 45.4 Å². The number of hydrogen-bond acceptors (Lipinski definition) is 1. The van der Waals surface area contributed by atoms with E-state index in [0.29, 0.717) is 12.2 Å². The molecule has 1 aromatic carbocycles. The second kappa shape index (κ2) is 7.01. The second-order valence-electron chi connectivity index (χ2n) is 5.58. The first-order valence-corrected chi connectivity index (χ1v) is 7.47. The molecule has 2 rings (SSSR count). The zero-order valence-electron chi connectivity index (χ0n) is 12.5. The first-order chi connectivity index (χ1) is 10.0. The van der Waals surface area contributed by atoms with E-state index in [0.717, 1.165) is 25.7 Å². The van der Waals surface area contributed by atoms with Crippen LogP contribution in [0.2, 0.25) is 0 Å². The van der Waals surface area contributed by atoms with Gasteiger partial charge >= 0.3 is 0 Å². The van der Waals surface area contributed by atoms with Gasteiger partial charge in [-0.05, 0) is 63.0 Å². The standard InChI is InChI=1S/C17H21F3O/c1-3-21-15-9-8-14(16(19)17(15)20)13-6-4-12(5-7-13)10-11(2)18/h8-10,12-13H,3-7H2,1-2H3. The van der Waals surface area contributed by atoms with Gasteiger partial charge in [0.2, 0.25) is 5.82 Å². The number of benzene rings is 1. The molecule has 1 nitrogen and oxygen atoms in total. The lowest BCUT2D eigenvalue weighted by Crippen LogP contribution is -2.14. The molecule has 0 unspecified atom stereocenters. The van der Waals surface area contributed by atoms with Crippen LogP contribution in [0, 0.1) is 17.6 Å². The number of ether oxygens (including phenoxy) is 1. The largest absolute Gasteiger partial charge is 0.491 e. The van der Waals surface area contributed by atoms with E-state index in [2.05, 4.69) is 0 Å². The third-order valence-corrected chi connectivity index (χ3v) is 4.05. The van der Waals surface area contributed by atoms with Crippen LogP contribution in [0.1, 0.15) is 51.0 Å². The maximum atomic E-state index is 14.2. The first-order valence-electron chi connectivity index (χ1n) is 7.47. The quantitative estimate of drug-likeness (QED) is 0.712. The molecule has 116 valence electrons. The molecule has 1 saturated carbocycles. The van der Waals surface area contributed by atoms with Crippen molar-refractivity contribution in [2.24, 2.45) is 5.92 Å². The van der Waals surface area contributed by atoms with Crippen LogP contribution in [0.4, 0.5) is 13.2 Å². The molecule has 0 saturated heterocycles. The molecular weight excluding hydrogens is 277 g/mol. The van der Waals surface area contributed by atoms with Crippen molar-refractivity contribution in [1.82, 2.24) is 0 Å². The summed E-state index contributed by atoms with van der Waals surface area (Å²) in [6.07, 6.45) is 4.74. The Labute approximate surface area is 123 Å². The van der Waals surface area contributed by atoms with Crippen LogP contribution in [0.25, 0.3) is 0 Å². The van der Waals surface area contributed by atoms with Gasteiger partial charge in [0.1, 0.15) is 0 Å². The number of halogens is 3. The Morgan fingerprint density at radius 2 is 1.86 bits per heavy atom. The van der Waals surface area contributed by atoms with Crippen LogP contribution in [-0.2, 0) is 0 Å². The van der Waals surface area contributed by atoms with E-state index < -0.39 is 11.6 Å². The fourth-order valence-corrected chi connectivity index (χ4v) is 3.05. The Kier molecular flexibility index (Phi) is 5.32. The minimum atomic E-state index is -0.907. The van der Waals surface area contributed by atoms with Crippen molar-refractivity contribution in [3.8, 4) is 5.75 Å². The van der Waals surface area contributed by atoms with Gasteiger partial charge in [-0.2, -0.15) is 4.39 Å². The third-order valence-electron chi connectivity index (χ3n) is 4.05. The van der Waals surface area contributed by atoms with Crippen molar-refractivity contribution < 1.29 is 17.9 Å². The zero-order chi connectivity index (χ0) is 15.4. The second-order valence-corrected chi connectivity index (χ2v) is 5.58. The van der Waals surface area contributed by atoms with Gasteiger partial charge in [0.25, 0.3) is 0 Å². The van der Waals surface area contributed by atoms with E-state index in [-0.39, 0.29) is 23.4 Å². The molecule has 4 heteroatoms. The minimum Gasteiger partial charge on any atom is -0.491 e. The maximum absolute atomic E-state index is 14.2. The molecule has 0 aromatic heterocycles. The molecule has 0 aliphatic heterocycles. The van der Waals surface area contributed by atoms with Crippen LogP contribution in [0.5, 0.6) is 5.75 Å². The van der Waals surface area contributed by atoms with Crippen LogP contribution >= 0.6 is 0 Å². The zero-order valence-corrected chi connectivity index (χ0v) is 12.5. The molecule has 1 aliphatic rings. The molecule has 0 radical (unpaired) electrons. The Bertz CT molecular complexity index is 513. The summed E-state index contributed by atoms with van der Waals surface area (Å²) in [5.74, 6) is -1.71. The Morgan fingerprint density at radius 3 is 2.43 bits per heavy atom. The third kappa shape index (κ3) is 3.80. The SMILES string of the molecule is CCOc1ccc(C2CCC(C=C(C)F)CC2)c(F)c1F. The summed E-state index contributed by atoms with van der Waals surface area (Å²) < 4.78 is 46.0. The maximum Gasteiger partial charge on any atom is 0.200 e. The average molecular weight is 298 g/mol. The summed E-state index contributed by atoms with van der Waals surface area (Å²) in [6, 6.07) is 3.11. The van der Waals surface area contributed by atoms with Gasteiger partial charge in [-0.15, -0.1) is 0 Å². The molecule has 0 N–H and O–H groups in total. The highest BCUT2D eigenvalue weighted by atomic mass is 19.2. The van der Waals surface area contributed by atoms with E-state index >= 15 is 0 Å². The fourth-order valence-electron chi connectivity index (χ4n) is 3.05. The molecule has 1 fully saturated rings. The molecule has 21 heavy (non-hydrogen) atoms. The monoisotopic (exact) mass is 298 g/mol. The van der Waals surface area contributed by atoms with Gasteiger partial charge < -0.3 is 4.74 Å². The number of rotatable bonds is 4. The van der Waals surface area contributed by atoms with E-state index in [1.54, 1.807) is 19.1 Å². The van der Waals surface area contributed by atoms with Gasteiger partial charge in [-0.1, -0.05) is 12.1 Å². The van der Waals surface area contributed by atoms with E-state index in [1.165, 1.54) is 13.0 Å². The lowest BCUT2D eigenvalue weighted by molar-refractivity contribution is 0.309. The van der Waals surface area contributed by atoms with Crippen LogP contribution < -0.4 is 4.74 Å². The molecule has 0 bridgehead atoms. The number of hydrogen-bond donors (Lipinski definition) is 0. The lowest BCUT2D eigenvalue weighted by Gasteiger charge is -2.27. The predicted molar refractivity (Wildman–Crippen MR) is 77.1 cm³/mol. The summed E-state index contributed by atoms with van der Waals surface area (Å²) in [7, 11) is 0. The van der Waals surface area contributed by atoms with Gasteiger partial charge in [0.15, 0.2) is 11.6 Å². The van der Waals surface area contributed by atoms with Gasteiger partial charge in [-0.3, -0.25) is 0 Å². The Balaban J connectivity index is 2.10. The minimum absolute atomic E-state index is 0.000237. The molecule has 0 amide bonds. The highest BCUT2D eigenvalue weighted by Gasteiger charge is 2.26. The lowest BCUT2D eigenvalue weighted by atomic mass is 9.78. The van der Waals surface area contributed by atoms with E-state index in [1.807, 2.05) is 0 Å². The normalized spacial score (nSPS) is 23.2. The highest BCUT2D eigenvalue weighted by Crippen LogP contribution is 2.39. The summed E-state index contributed by atoms with van der Waals surface area (Å²) in [5, 5.41) is 0. The average Bonchev–Trinajstić information content (AvgIpc) is 2.45. The smallest absolute Gasteiger partial charge is 0.200 e. The molecular formula is C17H21F3O. The van der Waals surface area contributed by atoms with Crippen molar-refractivity contribution in [1.29, 1.82) is 0 Å². The fraction of sp³-hybridized carbons (Fsp3) is 0.529. The van der Waals surface area contributed by atoms with Crippen molar-refractivity contribution in [3.63, 3.8) is 0 Å². The van der Waals surface area contributed by atoms with E-state index in [4.69, 9.17) is 4.74 Å². The Morgan fingerprint density at radius 1 is 1.19 bits per heavy atom. The molecule has 1 aliphatic carbocycles. The van der Waals surface area contributed by atoms with Gasteiger partial charge in [-0.25, -0.2) is 8.78 Å². The van der Waals surface area contributed by atoms with Gasteiger partial charge in [0, 0.05) is 0 Å². The van der Waals surface area contributed by atoms with Crippen molar-refractivity contribution >= 4 is 0 Å². The molecule has 0 heterocycles. The van der Waals surface area contributed by atoms with Crippen molar-refractivity contribution in [3.05, 3.63) is 41.2 Å². The van der Waals surface area contributed by atoms with E-state index in [9.17, 15) is 13.2 Å². The summed E-state index contributed by atoms with van der Waals surface area (Å²) >= 11 is 0.